The normalized spacial score (nSPS) is 22.7. The van der Waals surface area contributed by atoms with Gasteiger partial charge < -0.3 is 35.1 Å². The second-order valence-corrected chi connectivity index (χ2v) is 3.95. The zero-order valence-electron chi connectivity index (χ0n) is 11.6. The number of nitrogens with one attached hydrogen (secondary N) is 2. The lowest BCUT2D eigenvalue weighted by Gasteiger charge is -2.10. The molecule has 0 unspecified atom stereocenters. The van der Waals surface area contributed by atoms with Crippen molar-refractivity contribution in [3.05, 3.63) is 0 Å². The first-order chi connectivity index (χ1) is 9.00. The zero-order chi connectivity index (χ0) is 12.7. The van der Waals surface area contributed by atoms with Crippen molar-refractivity contribution in [3.63, 3.8) is 0 Å². The van der Waals surface area contributed by atoms with Crippen molar-refractivity contribution in [2.75, 3.05) is 79.0 Å². The van der Waals surface area contributed by atoms with Gasteiger partial charge >= 0.3 is 0 Å². The molecule has 0 bridgehead atoms. The van der Waals surface area contributed by atoms with E-state index in [1.165, 1.54) is 0 Å². The summed E-state index contributed by atoms with van der Waals surface area (Å²) in [6, 6.07) is 0. The third kappa shape index (κ3) is 13.9. The lowest BCUT2D eigenvalue weighted by Crippen LogP contribution is -2.27. The van der Waals surface area contributed by atoms with Crippen molar-refractivity contribution in [1.29, 1.82) is 0 Å². The summed E-state index contributed by atoms with van der Waals surface area (Å²) < 4.78 is 21.6. The van der Waals surface area contributed by atoms with Gasteiger partial charge in [0.05, 0.1) is 52.9 Å². The van der Waals surface area contributed by atoms with Crippen molar-refractivity contribution in [2.45, 2.75) is 0 Å². The molecule has 0 aliphatic carbocycles. The molecule has 0 amide bonds. The fourth-order valence-corrected chi connectivity index (χ4v) is 1.47. The molecule has 0 aromatic heterocycles. The van der Waals surface area contributed by atoms with Crippen LogP contribution in [0.2, 0.25) is 0 Å². The maximum atomic E-state index is 5.41. The molecule has 7 nitrogen and oxygen atoms in total. The van der Waals surface area contributed by atoms with Gasteiger partial charge in [0.2, 0.25) is 0 Å². The number of ether oxygens (including phenoxy) is 4. The minimum Gasteiger partial charge on any atom is -0.412 e. The van der Waals surface area contributed by atoms with E-state index in [0.717, 1.165) is 26.2 Å². The zero-order valence-corrected chi connectivity index (χ0v) is 11.6. The van der Waals surface area contributed by atoms with Crippen LogP contribution in [-0.4, -0.2) is 84.5 Å². The van der Waals surface area contributed by atoms with Crippen LogP contribution in [0.5, 0.6) is 0 Å². The summed E-state index contributed by atoms with van der Waals surface area (Å²) in [5, 5.41) is 6.50. The Labute approximate surface area is 115 Å². The van der Waals surface area contributed by atoms with Gasteiger partial charge in [-0.05, 0) is 0 Å². The lowest BCUT2D eigenvalue weighted by atomic mass is 10.6. The Hall–Kier alpha value is -0.280. The van der Waals surface area contributed by atoms with E-state index >= 15 is 0 Å². The molecule has 0 radical (unpaired) electrons. The first-order valence-electron chi connectivity index (χ1n) is 6.72. The quantitative estimate of drug-likeness (QED) is 0.556. The lowest BCUT2D eigenvalue weighted by molar-refractivity contribution is 0.0383. The smallest absolute Gasteiger partial charge is 0.0701 e. The standard InChI is InChI=1S/C12H26N2O4.H2O/c1-5-15-9-10-17-7-3-14-4-8-18-12-11-16-6-2-13-1;/h13-14H,1-12H2;1H2. The average Bonchev–Trinajstić information content (AvgIpc) is 2.39. The van der Waals surface area contributed by atoms with Crippen molar-refractivity contribution in [3.8, 4) is 0 Å². The highest BCUT2D eigenvalue weighted by atomic mass is 16.5. The van der Waals surface area contributed by atoms with E-state index in [-0.39, 0.29) is 5.48 Å². The molecular formula is C12H28N2O5. The largest absolute Gasteiger partial charge is 0.412 e. The van der Waals surface area contributed by atoms with E-state index in [4.69, 9.17) is 18.9 Å². The van der Waals surface area contributed by atoms with Crippen LogP contribution in [0, 0.1) is 0 Å². The van der Waals surface area contributed by atoms with Crippen molar-refractivity contribution in [2.24, 2.45) is 0 Å². The fraction of sp³-hybridized carbons (Fsp3) is 1.00. The Balaban J connectivity index is 0.00000324. The summed E-state index contributed by atoms with van der Waals surface area (Å²) in [6.07, 6.45) is 0. The molecule has 1 heterocycles. The summed E-state index contributed by atoms with van der Waals surface area (Å²) >= 11 is 0. The summed E-state index contributed by atoms with van der Waals surface area (Å²) in [6.45, 7) is 8.86. The van der Waals surface area contributed by atoms with Crippen LogP contribution in [0.3, 0.4) is 0 Å². The van der Waals surface area contributed by atoms with E-state index in [2.05, 4.69) is 10.6 Å². The third-order valence-corrected chi connectivity index (χ3v) is 2.44. The Morgan fingerprint density at radius 2 is 0.684 bits per heavy atom. The van der Waals surface area contributed by atoms with Gasteiger partial charge in [0.1, 0.15) is 0 Å². The molecule has 1 aliphatic heterocycles. The van der Waals surface area contributed by atoms with Crippen LogP contribution in [-0.2, 0) is 18.9 Å². The molecule has 1 fully saturated rings. The number of rotatable bonds is 0. The fourth-order valence-electron chi connectivity index (χ4n) is 1.47. The van der Waals surface area contributed by atoms with E-state index < -0.39 is 0 Å². The molecule has 0 aromatic carbocycles. The Kier molecular flexibility index (Phi) is 15.5. The van der Waals surface area contributed by atoms with E-state index in [0.29, 0.717) is 52.9 Å². The molecule has 0 atom stereocenters. The van der Waals surface area contributed by atoms with Crippen molar-refractivity contribution in [1.82, 2.24) is 10.6 Å². The molecular weight excluding hydrogens is 252 g/mol. The van der Waals surface area contributed by atoms with Crippen LogP contribution >= 0.6 is 0 Å². The topological polar surface area (TPSA) is 92.5 Å². The predicted molar refractivity (Wildman–Crippen MR) is 72.6 cm³/mol. The van der Waals surface area contributed by atoms with Gasteiger partial charge in [-0.15, -0.1) is 0 Å². The van der Waals surface area contributed by atoms with Crippen LogP contribution in [0.1, 0.15) is 0 Å². The Bertz CT molecular complexity index is 99.1. The SMILES string of the molecule is C1COCCOCCNCCOCCOCCN1.O. The summed E-state index contributed by atoms with van der Waals surface area (Å²) in [4.78, 5) is 0. The molecule has 0 spiro atoms. The molecule has 7 heteroatoms. The second kappa shape index (κ2) is 15.8. The van der Waals surface area contributed by atoms with Crippen LogP contribution in [0.15, 0.2) is 0 Å². The highest BCUT2D eigenvalue weighted by molar-refractivity contribution is 4.47. The monoisotopic (exact) mass is 280 g/mol. The van der Waals surface area contributed by atoms with E-state index in [9.17, 15) is 0 Å². The third-order valence-electron chi connectivity index (χ3n) is 2.44. The maximum absolute atomic E-state index is 5.41. The van der Waals surface area contributed by atoms with Crippen LogP contribution in [0.4, 0.5) is 0 Å². The van der Waals surface area contributed by atoms with Crippen LogP contribution < -0.4 is 10.6 Å². The molecule has 1 saturated heterocycles. The predicted octanol–water partition coefficient (Wildman–Crippen LogP) is -1.58. The summed E-state index contributed by atoms with van der Waals surface area (Å²) in [5.41, 5.74) is 0. The first-order valence-corrected chi connectivity index (χ1v) is 6.72. The molecule has 4 N–H and O–H groups in total. The number of hydrogen-bond donors (Lipinski definition) is 2. The molecule has 0 aromatic rings. The van der Waals surface area contributed by atoms with Crippen LogP contribution in [0.25, 0.3) is 0 Å². The minimum absolute atomic E-state index is 0. The van der Waals surface area contributed by atoms with Gasteiger partial charge in [-0.2, -0.15) is 0 Å². The number of hydrogen-bond acceptors (Lipinski definition) is 6. The summed E-state index contributed by atoms with van der Waals surface area (Å²) in [7, 11) is 0. The van der Waals surface area contributed by atoms with E-state index in [1.807, 2.05) is 0 Å². The Morgan fingerprint density at radius 3 is 0.947 bits per heavy atom. The van der Waals surface area contributed by atoms with Gasteiger partial charge in [0.15, 0.2) is 0 Å². The van der Waals surface area contributed by atoms with Gasteiger partial charge in [0, 0.05) is 26.2 Å². The second-order valence-electron chi connectivity index (χ2n) is 3.95. The maximum Gasteiger partial charge on any atom is 0.0701 e. The highest BCUT2D eigenvalue weighted by Crippen LogP contribution is 1.81. The highest BCUT2D eigenvalue weighted by Gasteiger charge is 1.94. The van der Waals surface area contributed by atoms with Gasteiger partial charge in [0.25, 0.3) is 0 Å². The van der Waals surface area contributed by atoms with Gasteiger partial charge in [-0.1, -0.05) is 0 Å². The van der Waals surface area contributed by atoms with Crippen molar-refractivity contribution >= 4 is 0 Å². The van der Waals surface area contributed by atoms with E-state index in [1.54, 1.807) is 0 Å². The average molecular weight is 280 g/mol. The first kappa shape index (κ1) is 18.7. The molecule has 0 saturated carbocycles. The van der Waals surface area contributed by atoms with Gasteiger partial charge in [-0.25, -0.2) is 0 Å². The molecule has 1 aliphatic rings. The molecule has 19 heavy (non-hydrogen) atoms. The molecule has 1 rings (SSSR count). The van der Waals surface area contributed by atoms with Crippen molar-refractivity contribution < 1.29 is 24.4 Å². The molecule has 116 valence electrons. The summed E-state index contributed by atoms with van der Waals surface area (Å²) in [5.74, 6) is 0. The minimum atomic E-state index is 0. The Morgan fingerprint density at radius 1 is 0.421 bits per heavy atom. The van der Waals surface area contributed by atoms with Gasteiger partial charge in [-0.3, -0.25) is 0 Å².